The van der Waals surface area contributed by atoms with Gasteiger partial charge in [0.2, 0.25) is 5.91 Å². The van der Waals surface area contributed by atoms with Crippen molar-refractivity contribution in [2.75, 3.05) is 25.1 Å². The molecule has 0 aliphatic carbocycles. The third-order valence-corrected chi connectivity index (χ3v) is 5.80. The lowest BCUT2D eigenvalue weighted by Crippen LogP contribution is -2.36. The van der Waals surface area contributed by atoms with Gasteiger partial charge in [0.05, 0.1) is 11.5 Å². The quantitative estimate of drug-likeness (QED) is 0.543. The van der Waals surface area contributed by atoms with E-state index >= 15 is 0 Å². The molecule has 0 atom stereocenters. The smallest absolute Gasteiger partial charge is 0.294 e. The average molecular weight is 486 g/mol. The van der Waals surface area contributed by atoms with Crippen molar-refractivity contribution in [3.63, 3.8) is 0 Å². The largest absolute Gasteiger partial charge is 0.490 e. The summed E-state index contributed by atoms with van der Waals surface area (Å²) < 4.78 is 10.9. The van der Waals surface area contributed by atoms with Gasteiger partial charge in [0.15, 0.2) is 18.1 Å². The number of benzene rings is 2. The molecular weight excluding hydrogens is 466 g/mol. The Kier molecular flexibility index (Phi) is 7.98. The summed E-state index contributed by atoms with van der Waals surface area (Å²) in [7, 11) is 0. The highest BCUT2D eigenvalue weighted by Crippen LogP contribution is 2.34. The zero-order chi connectivity index (χ0) is 24.0. The van der Waals surface area contributed by atoms with Crippen molar-refractivity contribution in [1.82, 2.24) is 4.90 Å². The van der Waals surface area contributed by atoms with E-state index in [1.54, 1.807) is 42.5 Å². The minimum atomic E-state index is -0.565. The highest BCUT2D eigenvalue weighted by Gasteiger charge is 2.36. The number of anilines is 1. The molecule has 1 heterocycles. The molecule has 1 N–H and O–H groups in total. The number of carbonyl (C=O) groups excluding carboxylic acids is 3. The highest BCUT2D eigenvalue weighted by molar-refractivity contribution is 8.18. The Morgan fingerprint density at radius 3 is 2.70 bits per heavy atom. The van der Waals surface area contributed by atoms with Gasteiger partial charge in [0.1, 0.15) is 12.6 Å². The van der Waals surface area contributed by atoms with Crippen LogP contribution in [0.5, 0.6) is 11.5 Å². The fourth-order valence-corrected chi connectivity index (χ4v) is 3.93. The summed E-state index contributed by atoms with van der Waals surface area (Å²) in [6.07, 6.45) is 1.54. The summed E-state index contributed by atoms with van der Waals surface area (Å²) in [6, 6.07) is 11.9. The highest BCUT2D eigenvalue weighted by atomic mass is 35.5. The Labute approximate surface area is 200 Å². The molecular formula is C23H20ClN3O5S. The zero-order valence-corrected chi connectivity index (χ0v) is 19.5. The van der Waals surface area contributed by atoms with Crippen LogP contribution in [0.15, 0.2) is 41.3 Å². The summed E-state index contributed by atoms with van der Waals surface area (Å²) in [5, 5.41) is 11.3. The average Bonchev–Trinajstić information content (AvgIpc) is 3.03. The lowest BCUT2D eigenvalue weighted by Gasteiger charge is -2.13. The van der Waals surface area contributed by atoms with E-state index in [2.05, 4.69) is 5.32 Å². The fourth-order valence-electron chi connectivity index (χ4n) is 2.91. The number of ether oxygens (including phenoxy) is 2. The molecule has 2 aromatic carbocycles. The molecule has 1 saturated heterocycles. The number of carbonyl (C=O) groups is 3. The summed E-state index contributed by atoms with van der Waals surface area (Å²) in [4.78, 5) is 38.6. The molecule has 0 bridgehead atoms. The first kappa shape index (κ1) is 24.2. The molecule has 0 aromatic heterocycles. The number of rotatable bonds is 8. The van der Waals surface area contributed by atoms with Crippen molar-refractivity contribution >= 4 is 52.2 Å². The van der Waals surface area contributed by atoms with E-state index in [0.29, 0.717) is 34.4 Å². The number of aryl methyl sites for hydroxylation is 1. The van der Waals surface area contributed by atoms with Gasteiger partial charge in [0, 0.05) is 10.7 Å². The monoisotopic (exact) mass is 485 g/mol. The molecule has 8 nitrogen and oxygen atoms in total. The van der Waals surface area contributed by atoms with E-state index in [9.17, 15) is 14.4 Å². The normalized spacial score (nSPS) is 14.4. The number of imide groups is 1. The molecule has 1 fully saturated rings. The van der Waals surface area contributed by atoms with Gasteiger partial charge >= 0.3 is 0 Å². The van der Waals surface area contributed by atoms with Crippen LogP contribution in [-0.2, 0) is 9.59 Å². The second-order valence-corrected chi connectivity index (χ2v) is 8.27. The Hall–Kier alpha value is -3.48. The van der Waals surface area contributed by atoms with Gasteiger partial charge in [-0.25, -0.2) is 0 Å². The first-order valence-corrected chi connectivity index (χ1v) is 11.1. The number of hydrogen-bond acceptors (Lipinski definition) is 7. The van der Waals surface area contributed by atoms with Crippen molar-refractivity contribution in [3.8, 4) is 17.6 Å². The Balaban J connectivity index is 1.72. The number of hydrogen-bond donors (Lipinski definition) is 1. The predicted molar refractivity (Wildman–Crippen MR) is 126 cm³/mol. The lowest BCUT2D eigenvalue weighted by atomic mass is 10.2. The number of thioether (sulfide) groups is 1. The van der Waals surface area contributed by atoms with Crippen LogP contribution >= 0.6 is 23.4 Å². The van der Waals surface area contributed by atoms with Crippen LogP contribution in [0.4, 0.5) is 10.5 Å². The van der Waals surface area contributed by atoms with Gasteiger partial charge in [-0.2, -0.15) is 5.26 Å². The second-order valence-electron chi connectivity index (χ2n) is 6.87. The predicted octanol–water partition coefficient (Wildman–Crippen LogP) is 4.62. The van der Waals surface area contributed by atoms with Gasteiger partial charge in [-0.05, 0) is 67.1 Å². The van der Waals surface area contributed by atoms with Gasteiger partial charge in [-0.1, -0.05) is 23.7 Å². The third kappa shape index (κ3) is 6.06. The number of nitrogens with one attached hydrogen (secondary N) is 1. The maximum absolute atomic E-state index is 12.7. The summed E-state index contributed by atoms with van der Waals surface area (Å²) in [5.74, 6) is -0.269. The molecule has 10 heteroatoms. The van der Waals surface area contributed by atoms with E-state index in [1.165, 1.54) is 0 Å². The van der Waals surface area contributed by atoms with Crippen LogP contribution in [0.25, 0.3) is 6.08 Å². The van der Waals surface area contributed by atoms with Crippen molar-refractivity contribution in [2.45, 2.75) is 13.8 Å². The SMILES string of the molecule is CCOc1cc(/C=C2/SC(=O)N(CC(=O)Nc3ccc(C)c(Cl)c3)C2=O)ccc1OCC#N. The molecule has 1 aliphatic heterocycles. The summed E-state index contributed by atoms with van der Waals surface area (Å²) in [6.45, 7) is 3.48. The molecule has 170 valence electrons. The van der Waals surface area contributed by atoms with Gasteiger partial charge in [-0.15, -0.1) is 0 Å². The number of nitriles is 1. The molecule has 0 saturated carbocycles. The van der Waals surface area contributed by atoms with Gasteiger partial charge in [0.25, 0.3) is 11.1 Å². The first-order chi connectivity index (χ1) is 15.8. The molecule has 0 unspecified atom stereocenters. The van der Waals surface area contributed by atoms with Crippen LogP contribution in [0.2, 0.25) is 5.02 Å². The van der Waals surface area contributed by atoms with Crippen LogP contribution in [0.1, 0.15) is 18.1 Å². The van der Waals surface area contributed by atoms with Crippen LogP contribution in [0.3, 0.4) is 0 Å². The lowest BCUT2D eigenvalue weighted by molar-refractivity contribution is -0.127. The number of halogens is 1. The fraction of sp³-hybridized carbons (Fsp3) is 0.217. The molecule has 1 aliphatic rings. The number of nitrogens with zero attached hydrogens (tertiary/aromatic N) is 2. The maximum atomic E-state index is 12.7. The maximum Gasteiger partial charge on any atom is 0.294 e. The van der Waals surface area contributed by atoms with Crippen LogP contribution in [0, 0.1) is 18.3 Å². The van der Waals surface area contributed by atoms with Gasteiger partial charge < -0.3 is 14.8 Å². The van der Waals surface area contributed by atoms with Crippen molar-refractivity contribution < 1.29 is 23.9 Å². The number of amides is 3. The summed E-state index contributed by atoms with van der Waals surface area (Å²) >= 11 is 6.81. The topological polar surface area (TPSA) is 109 Å². The standard InChI is InChI=1S/C23H20ClN3O5S/c1-3-31-19-10-15(5-7-18(19)32-9-8-25)11-20-22(29)27(23(30)33-20)13-21(28)26-16-6-4-14(2)17(24)12-16/h4-7,10-12H,3,9,13H2,1-2H3,(H,26,28)/b20-11+. The molecule has 3 rings (SSSR count). The van der Waals surface area contributed by atoms with E-state index < -0.39 is 23.6 Å². The minimum Gasteiger partial charge on any atom is -0.490 e. The molecule has 0 spiro atoms. The van der Waals surface area contributed by atoms with E-state index in [4.69, 9.17) is 26.3 Å². The Morgan fingerprint density at radius 2 is 2.00 bits per heavy atom. The van der Waals surface area contributed by atoms with Crippen molar-refractivity contribution in [1.29, 1.82) is 5.26 Å². The molecule has 0 radical (unpaired) electrons. The minimum absolute atomic E-state index is 0.130. The first-order valence-electron chi connectivity index (χ1n) is 9.90. The van der Waals surface area contributed by atoms with Crippen LogP contribution < -0.4 is 14.8 Å². The van der Waals surface area contributed by atoms with E-state index in [-0.39, 0.29) is 11.5 Å². The van der Waals surface area contributed by atoms with E-state index in [1.807, 2.05) is 19.9 Å². The van der Waals surface area contributed by atoms with Crippen LogP contribution in [-0.4, -0.2) is 41.7 Å². The third-order valence-electron chi connectivity index (χ3n) is 4.49. The molecule has 2 aromatic rings. The zero-order valence-electron chi connectivity index (χ0n) is 17.9. The molecule has 3 amide bonds. The molecule has 33 heavy (non-hydrogen) atoms. The van der Waals surface area contributed by atoms with E-state index in [0.717, 1.165) is 22.2 Å². The Morgan fingerprint density at radius 1 is 1.21 bits per heavy atom. The Bertz CT molecular complexity index is 1180. The summed E-state index contributed by atoms with van der Waals surface area (Å²) in [5.41, 5.74) is 1.94. The van der Waals surface area contributed by atoms with Gasteiger partial charge in [-0.3, -0.25) is 19.3 Å². The second kappa shape index (κ2) is 10.9. The van der Waals surface area contributed by atoms with Crippen molar-refractivity contribution in [2.24, 2.45) is 0 Å². The van der Waals surface area contributed by atoms with Crippen molar-refractivity contribution in [3.05, 3.63) is 57.5 Å².